The number of nitrogens with one attached hydrogen (secondary N) is 1. The number of ether oxygens (including phenoxy) is 1. The molecule has 0 heterocycles. The number of halogens is 3. The fourth-order valence-electron chi connectivity index (χ4n) is 2.80. The summed E-state index contributed by atoms with van der Waals surface area (Å²) in [7, 11) is 0. The topological polar surface area (TPSA) is 75.6 Å². The molecule has 0 aliphatic rings. The van der Waals surface area contributed by atoms with E-state index in [1.807, 2.05) is 0 Å². The van der Waals surface area contributed by atoms with Crippen molar-refractivity contribution in [2.24, 2.45) is 0 Å². The van der Waals surface area contributed by atoms with E-state index in [0.717, 1.165) is 0 Å². The van der Waals surface area contributed by atoms with Crippen LogP contribution in [0.1, 0.15) is 11.1 Å². The lowest BCUT2D eigenvalue weighted by Crippen LogP contribution is -2.39. The van der Waals surface area contributed by atoms with Crippen molar-refractivity contribution in [3.63, 3.8) is 0 Å². The molecule has 0 atom stereocenters. The van der Waals surface area contributed by atoms with Gasteiger partial charge in [-0.1, -0.05) is 95.5 Å². The molecule has 0 unspecified atom stereocenters. The zero-order valence-electron chi connectivity index (χ0n) is 15.4. The van der Waals surface area contributed by atoms with Gasteiger partial charge in [0.05, 0.1) is 20.8 Å². The summed E-state index contributed by atoms with van der Waals surface area (Å²) in [6.45, 7) is -0.641. The van der Waals surface area contributed by atoms with E-state index in [4.69, 9.17) is 39.5 Å². The van der Waals surface area contributed by atoms with Crippen LogP contribution < -0.4 is 5.32 Å². The first-order valence-electron chi connectivity index (χ1n) is 8.77. The van der Waals surface area contributed by atoms with Crippen molar-refractivity contribution < 1.29 is 19.4 Å². The largest absolute Gasteiger partial charge is 0.453 e. The van der Waals surface area contributed by atoms with E-state index in [0.29, 0.717) is 11.1 Å². The number of esters is 1. The average molecular weight is 465 g/mol. The zero-order chi connectivity index (χ0) is 21.7. The number of anilines is 1. The zero-order valence-corrected chi connectivity index (χ0v) is 17.7. The molecule has 3 aromatic carbocycles. The molecular weight excluding hydrogens is 449 g/mol. The first-order valence-corrected chi connectivity index (χ1v) is 9.91. The van der Waals surface area contributed by atoms with Crippen LogP contribution >= 0.6 is 34.8 Å². The van der Waals surface area contributed by atoms with Crippen LogP contribution in [-0.4, -0.2) is 23.6 Å². The van der Waals surface area contributed by atoms with Crippen LogP contribution in [0.2, 0.25) is 15.1 Å². The number of rotatable bonds is 6. The standard InChI is InChI=1S/C22H16Cl3NO4/c23-16-11-18(25)19(12-17(16)24)26-20(27)13-30-21(28)22(29,14-7-3-1-4-8-14)15-9-5-2-6-10-15/h1-12,29H,13H2,(H,26,27). The van der Waals surface area contributed by atoms with Gasteiger partial charge in [-0.25, -0.2) is 4.79 Å². The molecule has 0 aliphatic heterocycles. The molecule has 5 nitrogen and oxygen atoms in total. The van der Waals surface area contributed by atoms with Gasteiger partial charge in [0.15, 0.2) is 6.61 Å². The Balaban J connectivity index is 1.77. The predicted molar refractivity (Wildman–Crippen MR) is 117 cm³/mol. The van der Waals surface area contributed by atoms with E-state index < -0.39 is 24.1 Å². The molecule has 1 amide bonds. The quantitative estimate of drug-likeness (QED) is 0.395. The molecule has 0 spiro atoms. The second kappa shape index (κ2) is 9.49. The third-order valence-electron chi connectivity index (χ3n) is 4.30. The molecule has 0 saturated heterocycles. The summed E-state index contributed by atoms with van der Waals surface area (Å²) in [5.74, 6) is -1.65. The molecule has 8 heteroatoms. The van der Waals surface area contributed by atoms with E-state index in [1.54, 1.807) is 60.7 Å². The first-order chi connectivity index (χ1) is 14.3. The van der Waals surface area contributed by atoms with Crippen LogP contribution in [0.5, 0.6) is 0 Å². The minimum Gasteiger partial charge on any atom is -0.453 e. The molecule has 30 heavy (non-hydrogen) atoms. The number of amides is 1. The summed E-state index contributed by atoms with van der Waals surface area (Å²) in [4.78, 5) is 25.1. The van der Waals surface area contributed by atoms with Crippen molar-refractivity contribution in [3.05, 3.63) is 99.0 Å². The maximum atomic E-state index is 12.9. The van der Waals surface area contributed by atoms with E-state index in [2.05, 4.69) is 5.32 Å². The van der Waals surface area contributed by atoms with Gasteiger partial charge in [0.25, 0.3) is 5.91 Å². The van der Waals surface area contributed by atoms with Crippen molar-refractivity contribution >= 4 is 52.4 Å². The highest BCUT2D eigenvalue weighted by Gasteiger charge is 2.41. The number of hydrogen-bond acceptors (Lipinski definition) is 4. The minimum absolute atomic E-state index is 0.175. The molecule has 0 aromatic heterocycles. The van der Waals surface area contributed by atoms with Gasteiger partial charge in [0, 0.05) is 0 Å². The van der Waals surface area contributed by atoms with Gasteiger partial charge < -0.3 is 15.2 Å². The molecule has 154 valence electrons. The monoisotopic (exact) mass is 463 g/mol. The summed E-state index contributed by atoms with van der Waals surface area (Å²) in [6, 6.07) is 19.5. The van der Waals surface area contributed by atoms with Crippen LogP contribution in [0.3, 0.4) is 0 Å². The Morgan fingerprint density at radius 3 is 1.87 bits per heavy atom. The van der Waals surface area contributed by atoms with Crippen molar-refractivity contribution in [2.75, 3.05) is 11.9 Å². The lowest BCUT2D eigenvalue weighted by Gasteiger charge is -2.27. The fourth-order valence-corrected chi connectivity index (χ4v) is 3.40. The summed E-state index contributed by atoms with van der Waals surface area (Å²) in [6.07, 6.45) is 0. The highest BCUT2D eigenvalue weighted by molar-refractivity contribution is 6.44. The van der Waals surface area contributed by atoms with Crippen molar-refractivity contribution in [1.82, 2.24) is 0 Å². The Morgan fingerprint density at radius 2 is 1.33 bits per heavy atom. The van der Waals surface area contributed by atoms with Crippen molar-refractivity contribution in [1.29, 1.82) is 0 Å². The molecule has 0 fully saturated rings. The minimum atomic E-state index is -2.08. The molecule has 3 aromatic rings. The van der Waals surface area contributed by atoms with E-state index >= 15 is 0 Å². The molecule has 0 saturated carbocycles. The van der Waals surface area contributed by atoms with Gasteiger partial charge in [-0.05, 0) is 23.3 Å². The maximum Gasteiger partial charge on any atom is 0.348 e. The fraction of sp³-hybridized carbons (Fsp3) is 0.0909. The Labute approximate surface area is 188 Å². The van der Waals surface area contributed by atoms with E-state index in [9.17, 15) is 14.7 Å². The summed E-state index contributed by atoms with van der Waals surface area (Å²) < 4.78 is 5.14. The summed E-state index contributed by atoms with van der Waals surface area (Å²) >= 11 is 17.8. The van der Waals surface area contributed by atoms with Crippen LogP contribution in [-0.2, 0) is 19.9 Å². The van der Waals surface area contributed by atoms with Gasteiger partial charge in [-0.2, -0.15) is 0 Å². The van der Waals surface area contributed by atoms with Gasteiger partial charge in [0.1, 0.15) is 0 Å². The molecule has 2 N–H and O–H groups in total. The highest BCUT2D eigenvalue weighted by atomic mass is 35.5. The predicted octanol–water partition coefficient (Wildman–Crippen LogP) is 5.06. The van der Waals surface area contributed by atoms with Gasteiger partial charge in [-0.3, -0.25) is 4.79 Å². The van der Waals surface area contributed by atoms with Crippen LogP contribution in [0.4, 0.5) is 5.69 Å². The van der Waals surface area contributed by atoms with Crippen molar-refractivity contribution in [3.8, 4) is 0 Å². The molecular formula is C22H16Cl3NO4. The smallest absolute Gasteiger partial charge is 0.348 e. The van der Waals surface area contributed by atoms with Crippen LogP contribution in [0.25, 0.3) is 0 Å². The Kier molecular flexibility index (Phi) is 7.00. The number of benzene rings is 3. The van der Waals surface area contributed by atoms with Gasteiger partial charge in [0.2, 0.25) is 5.60 Å². The summed E-state index contributed by atoms with van der Waals surface area (Å²) in [5.41, 5.74) is -1.24. The average Bonchev–Trinajstić information content (AvgIpc) is 2.76. The molecule has 0 bridgehead atoms. The number of carbonyl (C=O) groups is 2. The SMILES string of the molecule is O=C(COC(=O)C(O)(c1ccccc1)c1ccccc1)Nc1cc(Cl)c(Cl)cc1Cl. The second-order valence-corrected chi connectivity index (χ2v) is 7.53. The summed E-state index contributed by atoms with van der Waals surface area (Å²) in [5, 5.41) is 14.4. The number of carbonyl (C=O) groups excluding carboxylic acids is 2. The van der Waals surface area contributed by atoms with E-state index in [1.165, 1.54) is 12.1 Å². The highest BCUT2D eigenvalue weighted by Crippen LogP contribution is 2.33. The molecule has 0 aliphatic carbocycles. The van der Waals surface area contributed by atoms with Gasteiger partial charge in [-0.15, -0.1) is 0 Å². The Bertz CT molecular complexity index is 1020. The lowest BCUT2D eigenvalue weighted by molar-refractivity contribution is -0.163. The second-order valence-electron chi connectivity index (χ2n) is 6.31. The third-order valence-corrected chi connectivity index (χ3v) is 5.33. The number of hydrogen-bond donors (Lipinski definition) is 2. The Hall–Kier alpha value is -2.57. The van der Waals surface area contributed by atoms with Crippen LogP contribution in [0.15, 0.2) is 72.8 Å². The van der Waals surface area contributed by atoms with Gasteiger partial charge >= 0.3 is 5.97 Å². The third kappa shape index (κ3) is 4.77. The Morgan fingerprint density at radius 1 is 0.833 bits per heavy atom. The van der Waals surface area contributed by atoms with Crippen LogP contribution in [0, 0.1) is 0 Å². The number of aliphatic hydroxyl groups is 1. The van der Waals surface area contributed by atoms with Crippen molar-refractivity contribution in [2.45, 2.75) is 5.60 Å². The normalized spacial score (nSPS) is 11.1. The van der Waals surface area contributed by atoms with E-state index in [-0.39, 0.29) is 20.8 Å². The molecule has 0 radical (unpaired) electrons. The molecule has 3 rings (SSSR count). The lowest BCUT2D eigenvalue weighted by atomic mass is 9.86. The maximum absolute atomic E-state index is 12.9. The first kappa shape index (κ1) is 22.1.